The van der Waals surface area contributed by atoms with Crippen molar-refractivity contribution in [2.24, 2.45) is 0 Å². The molecule has 1 heterocycles. The molecular formula is C8H5F3N4O2S. The van der Waals surface area contributed by atoms with Crippen LogP contribution in [0.5, 0.6) is 0 Å². The van der Waals surface area contributed by atoms with E-state index in [1.807, 2.05) is 0 Å². The maximum absolute atomic E-state index is 12.4. The fraction of sp³-hybridized carbons (Fsp3) is 0.125. The Morgan fingerprint density at radius 2 is 1.72 bits per heavy atom. The standard InChI is InChI=1S/C8H5F3N4O2S/c9-8(10,11)18(16,17)15-7(12-13-14-15)6-4-2-1-3-5-6/h1-5H. The van der Waals surface area contributed by atoms with Gasteiger partial charge in [0, 0.05) is 5.56 Å². The molecule has 18 heavy (non-hydrogen) atoms. The number of nitrogens with zero attached hydrogens (tertiary/aromatic N) is 4. The minimum atomic E-state index is -5.63. The first kappa shape index (κ1) is 12.5. The topological polar surface area (TPSA) is 77.7 Å². The van der Waals surface area contributed by atoms with Gasteiger partial charge in [-0.3, -0.25) is 0 Å². The van der Waals surface area contributed by atoms with Gasteiger partial charge in [-0.05, 0) is 10.4 Å². The van der Waals surface area contributed by atoms with Gasteiger partial charge in [-0.15, -0.1) is 9.19 Å². The molecule has 10 heteroatoms. The number of hydrogen-bond donors (Lipinski definition) is 0. The minimum absolute atomic E-state index is 0.162. The first-order valence-electron chi connectivity index (χ1n) is 4.49. The highest BCUT2D eigenvalue weighted by Crippen LogP contribution is 2.27. The zero-order valence-corrected chi connectivity index (χ0v) is 9.35. The molecule has 0 unspecified atom stereocenters. The van der Waals surface area contributed by atoms with Gasteiger partial charge in [-0.2, -0.15) is 21.6 Å². The summed E-state index contributed by atoms with van der Waals surface area (Å²) in [4.78, 5) is 0. The van der Waals surface area contributed by atoms with E-state index in [0.29, 0.717) is 0 Å². The lowest BCUT2D eigenvalue weighted by molar-refractivity contribution is -0.0449. The summed E-state index contributed by atoms with van der Waals surface area (Å²) in [6.07, 6.45) is 0. The Balaban J connectivity index is 2.61. The van der Waals surface area contributed by atoms with Gasteiger partial charge < -0.3 is 0 Å². The van der Waals surface area contributed by atoms with Crippen LogP contribution in [0.4, 0.5) is 13.2 Å². The van der Waals surface area contributed by atoms with Crippen LogP contribution in [-0.2, 0) is 10.0 Å². The van der Waals surface area contributed by atoms with E-state index in [1.165, 1.54) is 24.3 Å². The summed E-state index contributed by atoms with van der Waals surface area (Å²) in [6.45, 7) is 0. The second-order valence-electron chi connectivity index (χ2n) is 3.16. The van der Waals surface area contributed by atoms with E-state index in [-0.39, 0.29) is 9.65 Å². The summed E-state index contributed by atoms with van der Waals surface area (Å²) >= 11 is 0. The van der Waals surface area contributed by atoms with E-state index >= 15 is 0 Å². The van der Waals surface area contributed by atoms with Gasteiger partial charge in [-0.25, -0.2) is 0 Å². The van der Waals surface area contributed by atoms with E-state index < -0.39 is 21.4 Å². The van der Waals surface area contributed by atoms with Gasteiger partial charge >= 0.3 is 15.5 Å². The Morgan fingerprint density at radius 1 is 1.11 bits per heavy atom. The molecule has 0 aliphatic heterocycles. The average Bonchev–Trinajstić information content (AvgIpc) is 2.78. The van der Waals surface area contributed by atoms with Crippen LogP contribution in [0.25, 0.3) is 11.4 Å². The second kappa shape index (κ2) is 4.05. The fourth-order valence-electron chi connectivity index (χ4n) is 1.19. The highest BCUT2D eigenvalue weighted by molar-refractivity contribution is 7.90. The van der Waals surface area contributed by atoms with Crippen LogP contribution in [-0.4, -0.2) is 33.5 Å². The van der Waals surface area contributed by atoms with Gasteiger partial charge in [0.25, 0.3) is 0 Å². The van der Waals surface area contributed by atoms with Crippen molar-refractivity contribution in [2.75, 3.05) is 0 Å². The molecule has 0 amide bonds. The Bertz CT molecular complexity index is 650. The molecule has 0 saturated heterocycles. The number of rotatable bonds is 2. The van der Waals surface area contributed by atoms with E-state index in [4.69, 9.17) is 0 Å². The van der Waals surface area contributed by atoms with Crippen LogP contribution in [0.3, 0.4) is 0 Å². The maximum Gasteiger partial charge on any atom is 0.518 e. The first-order chi connectivity index (χ1) is 8.34. The lowest BCUT2D eigenvalue weighted by Crippen LogP contribution is -2.31. The summed E-state index contributed by atoms with van der Waals surface area (Å²) in [6, 6.07) is 7.46. The molecular weight excluding hydrogens is 273 g/mol. The van der Waals surface area contributed by atoms with Gasteiger partial charge in [0.1, 0.15) is 0 Å². The van der Waals surface area contributed by atoms with Crippen molar-refractivity contribution in [1.29, 1.82) is 0 Å². The number of tetrazole rings is 1. The molecule has 1 aromatic carbocycles. The summed E-state index contributed by atoms with van der Waals surface area (Å²) in [7, 11) is -5.63. The monoisotopic (exact) mass is 278 g/mol. The van der Waals surface area contributed by atoms with Crippen LogP contribution < -0.4 is 0 Å². The third-order valence-corrected chi connectivity index (χ3v) is 3.28. The minimum Gasteiger partial charge on any atom is -0.195 e. The second-order valence-corrected chi connectivity index (χ2v) is 4.92. The first-order valence-corrected chi connectivity index (χ1v) is 5.93. The summed E-state index contributed by atoms with van der Waals surface area (Å²) in [5, 5.41) is 9.13. The number of hydrogen-bond acceptors (Lipinski definition) is 5. The Kier molecular flexibility index (Phi) is 2.81. The Labute approximate surface area is 99.1 Å². The van der Waals surface area contributed by atoms with Crippen LogP contribution in [0.2, 0.25) is 0 Å². The molecule has 2 aromatic rings. The molecule has 2 rings (SSSR count). The molecule has 6 nitrogen and oxygen atoms in total. The zero-order chi connectivity index (χ0) is 13.4. The average molecular weight is 278 g/mol. The van der Waals surface area contributed by atoms with E-state index in [1.54, 1.807) is 6.07 Å². The van der Waals surface area contributed by atoms with Gasteiger partial charge in [0.05, 0.1) is 0 Å². The fourth-order valence-corrected chi connectivity index (χ4v) is 1.89. The molecule has 0 bridgehead atoms. The quantitative estimate of drug-likeness (QED) is 0.820. The van der Waals surface area contributed by atoms with Crippen molar-refractivity contribution in [2.45, 2.75) is 5.51 Å². The Morgan fingerprint density at radius 3 is 2.28 bits per heavy atom. The smallest absolute Gasteiger partial charge is 0.195 e. The molecule has 0 aliphatic rings. The molecule has 0 aliphatic carbocycles. The van der Waals surface area contributed by atoms with Crippen molar-refractivity contribution in [3.8, 4) is 11.4 Å². The van der Waals surface area contributed by atoms with Crippen LogP contribution in [0.1, 0.15) is 0 Å². The molecule has 96 valence electrons. The summed E-state index contributed by atoms with van der Waals surface area (Å²) in [5.41, 5.74) is -5.30. The predicted molar refractivity (Wildman–Crippen MR) is 53.6 cm³/mol. The molecule has 0 spiro atoms. The maximum atomic E-state index is 12.4. The zero-order valence-electron chi connectivity index (χ0n) is 8.53. The largest absolute Gasteiger partial charge is 0.518 e. The Hall–Kier alpha value is -1.97. The third kappa shape index (κ3) is 1.94. The summed E-state index contributed by atoms with van der Waals surface area (Å²) < 4.78 is 59.3. The van der Waals surface area contributed by atoms with Crippen molar-refractivity contribution in [1.82, 2.24) is 19.6 Å². The molecule has 0 saturated carbocycles. The highest BCUT2D eigenvalue weighted by Gasteiger charge is 2.49. The van der Waals surface area contributed by atoms with Crippen molar-refractivity contribution < 1.29 is 21.6 Å². The van der Waals surface area contributed by atoms with Crippen LogP contribution >= 0.6 is 0 Å². The number of alkyl halides is 3. The molecule has 1 aromatic heterocycles. The number of aromatic nitrogens is 4. The highest BCUT2D eigenvalue weighted by atomic mass is 32.2. The van der Waals surface area contributed by atoms with Crippen molar-refractivity contribution in [3.05, 3.63) is 30.3 Å². The predicted octanol–water partition coefficient (Wildman–Crippen LogP) is 1.04. The SMILES string of the molecule is O=S(=O)(n1nnnc1-c1ccccc1)C(F)(F)F. The molecule has 0 radical (unpaired) electrons. The third-order valence-electron chi connectivity index (χ3n) is 1.99. The van der Waals surface area contributed by atoms with Crippen LogP contribution in [0.15, 0.2) is 30.3 Å². The lowest BCUT2D eigenvalue weighted by atomic mass is 10.2. The van der Waals surface area contributed by atoms with E-state index in [0.717, 1.165) is 0 Å². The van der Waals surface area contributed by atoms with Gasteiger partial charge in [-0.1, -0.05) is 30.3 Å². The molecule has 0 atom stereocenters. The van der Waals surface area contributed by atoms with Crippen LogP contribution in [0, 0.1) is 0 Å². The van der Waals surface area contributed by atoms with E-state index in [2.05, 4.69) is 15.5 Å². The van der Waals surface area contributed by atoms with E-state index in [9.17, 15) is 21.6 Å². The van der Waals surface area contributed by atoms with Gasteiger partial charge in [0.15, 0.2) is 5.82 Å². The van der Waals surface area contributed by atoms with Gasteiger partial charge in [0.2, 0.25) is 0 Å². The normalized spacial score (nSPS) is 12.6. The number of benzene rings is 1. The molecule has 0 N–H and O–H groups in total. The van der Waals surface area contributed by atoms with Crippen molar-refractivity contribution in [3.63, 3.8) is 0 Å². The lowest BCUT2D eigenvalue weighted by Gasteiger charge is -2.08. The van der Waals surface area contributed by atoms with Crippen molar-refractivity contribution >= 4 is 10.0 Å². The molecule has 0 fully saturated rings. The number of halogens is 3. The summed E-state index contributed by atoms with van der Waals surface area (Å²) in [5.74, 6) is -0.493.